The monoisotopic (exact) mass is 546 g/mol. The fraction of sp³-hybridized carbons (Fsp3) is 0.364. The number of nitrogens with zero attached hydrogens (tertiary/aromatic N) is 7. The second-order valence-electron chi connectivity index (χ2n) is 9.13. The number of aromatic nitrogens is 3. The van der Waals surface area contributed by atoms with Crippen LogP contribution in [0.2, 0.25) is 0 Å². The van der Waals surface area contributed by atoms with E-state index < -0.39 is 34.2 Å². The van der Waals surface area contributed by atoms with E-state index in [2.05, 4.69) is 15.7 Å². The zero-order chi connectivity index (χ0) is 26.6. The van der Waals surface area contributed by atoms with Crippen molar-refractivity contribution < 1.29 is 28.0 Å². The van der Waals surface area contributed by atoms with Crippen LogP contribution in [0, 0.1) is 21.7 Å². The lowest BCUT2D eigenvalue weighted by Gasteiger charge is -2.25. The van der Waals surface area contributed by atoms with Gasteiger partial charge in [0, 0.05) is 50.5 Å². The smallest absolute Gasteiger partial charge is 0.415 e. The summed E-state index contributed by atoms with van der Waals surface area (Å²) in [5, 5.41) is 19.7. The molecule has 13 nitrogen and oxygen atoms in total. The number of amides is 2. The van der Waals surface area contributed by atoms with E-state index in [0.717, 1.165) is 23.5 Å². The Morgan fingerprint density at radius 2 is 2.03 bits per heavy atom. The van der Waals surface area contributed by atoms with Gasteiger partial charge in [0.05, 0.1) is 35.9 Å². The van der Waals surface area contributed by atoms with E-state index in [4.69, 9.17) is 4.74 Å². The first-order chi connectivity index (χ1) is 18.3. The van der Waals surface area contributed by atoms with Crippen molar-refractivity contribution in [3.8, 4) is 0 Å². The summed E-state index contributed by atoms with van der Waals surface area (Å²) in [6.07, 6.45) is 3.02. The average Bonchev–Trinajstić information content (AvgIpc) is 3.24. The first kappa shape index (κ1) is 24.2. The number of ether oxygens (including phenoxy) is 1. The summed E-state index contributed by atoms with van der Waals surface area (Å²) < 4.78 is 37.7. The number of nitrogens with one attached hydrogen (secondary N) is 1. The van der Waals surface area contributed by atoms with Gasteiger partial charge < -0.3 is 9.64 Å². The Kier molecular flexibility index (Phi) is 5.71. The van der Waals surface area contributed by atoms with Crippen molar-refractivity contribution in [3.05, 3.63) is 63.3 Å². The highest BCUT2D eigenvalue weighted by Gasteiger charge is 2.65. The number of anilines is 2. The number of hydrazine groups is 1. The Hall–Kier alpha value is -4.18. The molecule has 0 radical (unpaired) electrons. The zero-order valence-electron chi connectivity index (χ0n) is 19.6. The second-order valence-corrected chi connectivity index (χ2v) is 10.2. The van der Waals surface area contributed by atoms with E-state index in [1.54, 1.807) is 10.9 Å². The quantitative estimate of drug-likeness (QED) is 0.377. The van der Waals surface area contributed by atoms with Crippen molar-refractivity contribution in [2.24, 2.45) is 0 Å². The van der Waals surface area contributed by atoms with Crippen LogP contribution in [-0.4, -0.2) is 75.3 Å². The van der Waals surface area contributed by atoms with Crippen molar-refractivity contribution in [2.45, 2.75) is 18.1 Å². The van der Waals surface area contributed by atoms with Crippen LogP contribution < -0.4 is 15.2 Å². The number of hydrogen-bond donors (Lipinski definition) is 1. The van der Waals surface area contributed by atoms with Gasteiger partial charge in [-0.05, 0) is 6.07 Å². The van der Waals surface area contributed by atoms with Gasteiger partial charge in [0.25, 0.3) is 5.91 Å². The highest BCUT2D eigenvalue weighted by molar-refractivity contribution is 7.17. The molecule has 2 aromatic heterocycles. The molecule has 4 heterocycles. The Balaban J connectivity index is 1.15. The molecule has 2 saturated heterocycles. The summed E-state index contributed by atoms with van der Waals surface area (Å²) in [6, 6.07) is 4.62. The number of carbonyl (C=O) groups is 2. The molecule has 1 spiro atoms. The van der Waals surface area contributed by atoms with Gasteiger partial charge in [0.15, 0.2) is 17.2 Å². The molecule has 1 aromatic carbocycles. The van der Waals surface area contributed by atoms with E-state index in [1.807, 2.05) is 0 Å². The third-order valence-electron chi connectivity index (χ3n) is 6.82. The lowest BCUT2D eigenvalue weighted by molar-refractivity contribution is -0.380. The molecule has 16 heteroatoms. The molecule has 1 N–H and O–H groups in total. The van der Waals surface area contributed by atoms with Gasteiger partial charge in [0.1, 0.15) is 10.6 Å². The summed E-state index contributed by atoms with van der Waals surface area (Å²) in [6.45, 7) is 0.699. The lowest BCUT2D eigenvalue weighted by Crippen LogP contribution is -2.43. The predicted octanol–water partition coefficient (Wildman–Crippen LogP) is 2.33. The first-order valence-corrected chi connectivity index (χ1v) is 12.5. The van der Waals surface area contributed by atoms with Gasteiger partial charge in [-0.25, -0.2) is 23.7 Å². The summed E-state index contributed by atoms with van der Waals surface area (Å²) in [5.41, 5.74) is 1.86. The fourth-order valence-electron chi connectivity index (χ4n) is 4.87. The third kappa shape index (κ3) is 4.10. The SMILES string of the molecule is O=C(c1ccc([N+](=O)[O-])s1)N1CCN(c2c(F)cc(N3C[C@]4(C[C@@H]4n4ccnn4)OC3=O)cc2F)CCN1. The largest absolute Gasteiger partial charge is 0.438 e. The first-order valence-electron chi connectivity index (χ1n) is 11.7. The highest BCUT2D eigenvalue weighted by atomic mass is 32.1. The van der Waals surface area contributed by atoms with Gasteiger partial charge in [-0.15, -0.1) is 5.10 Å². The number of rotatable bonds is 5. The Morgan fingerprint density at radius 1 is 1.24 bits per heavy atom. The van der Waals surface area contributed by atoms with Crippen LogP contribution in [0.3, 0.4) is 0 Å². The number of benzene rings is 1. The summed E-state index contributed by atoms with van der Waals surface area (Å²) >= 11 is 0.755. The number of halogens is 2. The molecule has 0 unspecified atom stereocenters. The molecule has 3 fully saturated rings. The summed E-state index contributed by atoms with van der Waals surface area (Å²) in [7, 11) is 0. The molecule has 2 amide bonds. The minimum Gasteiger partial charge on any atom is -0.438 e. The number of thiophene rings is 1. The van der Waals surface area contributed by atoms with Gasteiger partial charge in [0.2, 0.25) is 0 Å². The van der Waals surface area contributed by atoms with E-state index in [-0.39, 0.29) is 60.0 Å². The van der Waals surface area contributed by atoms with E-state index in [9.17, 15) is 19.7 Å². The molecular formula is C22H20F2N8O5S. The molecule has 2 atom stereocenters. The summed E-state index contributed by atoms with van der Waals surface area (Å²) in [5.74, 6) is -2.18. The van der Waals surface area contributed by atoms with Crippen LogP contribution in [-0.2, 0) is 4.74 Å². The van der Waals surface area contributed by atoms with Crippen LogP contribution in [0.1, 0.15) is 22.1 Å². The minimum absolute atomic E-state index is 0.0407. The second kappa shape index (κ2) is 8.98. The molecular weight excluding hydrogens is 526 g/mol. The van der Waals surface area contributed by atoms with E-state index in [1.165, 1.54) is 33.1 Å². The maximum absolute atomic E-state index is 15.3. The molecule has 0 bridgehead atoms. The summed E-state index contributed by atoms with van der Waals surface area (Å²) in [4.78, 5) is 38.5. The zero-order valence-corrected chi connectivity index (χ0v) is 20.4. The van der Waals surface area contributed by atoms with Crippen molar-refractivity contribution in [3.63, 3.8) is 0 Å². The van der Waals surface area contributed by atoms with Crippen LogP contribution in [0.25, 0.3) is 0 Å². The predicted molar refractivity (Wildman–Crippen MR) is 129 cm³/mol. The van der Waals surface area contributed by atoms with Crippen molar-refractivity contribution in [2.75, 3.05) is 42.5 Å². The molecule has 1 aliphatic carbocycles. The minimum atomic E-state index is -0.856. The van der Waals surface area contributed by atoms with E-state index >= 15 is 8.78 Å². The number of nitro groups is 1. The molecule has 1 saturated carbocycles. The van der Waals surface area contributed by atoms with Crippen molar-refractivity contribution in [1.82, 2.24) is 25.4 Å². The third-order valence-corrected chi connectivity index (χ3v) is 7.84. The van der Waals surface area contributed by atoms with Crippen molar-refractivity contribution in [1.29, 1.82) is 0 Å². The maximum atomic E-state index is 15.3. The Morgan fingerprint density at radius 3 is 2.71 bits per heavy atom. The topological polar surface area (TPSA) is 139 Å². The maximum Gasteiger partial charge on any atom is 0.415 e. The van der Waals surface area contributed by atoms with Gasteiger partial charge in [-0.3, -0.25) is 24.8 Å². The van der Waals surface area contributed by atoms with Gasteiger partial charge in [-0.2, -0.15) is 0 Å². The number of carbonyl (C=O) groups excluding carboxylic acids is 2. The molecule has 2 aliphatic heterocycles. The molecule has 3 aliphatic rings. The Bertz CT molecular complexity index is 1410. The van der Waals surface area contributed by atoms with Gasteiger partial charge in [-0.1, -0.05) is 16.6 Å². The lowest BCUT2D eigenvalue weighted by atomic mass is 10.2. The fourth-order valence-corrected chi connectivity index (χ4v) is 5.64. The highest BCUT2D eigenvalue weighted by Crippen LogP contribution is 2.54. The average molecular weight is 547 g/mol. The van der Waals surface area contributed by atoms with E-state index in [0.29, 0.717) is 6.42 Å². The van der Waals surface area contributed by atoms with Crippen LogP contribution in [0.5, 0.6) is 0 Å². The molecule has 38 heavy (non-hydrogen) atoms. The van der Waals surface area contributed by atoms with Crippen LogP contribution in [0.15, 0.2) is 36.7 Å². The van der Waals surface area contributed by atoms with Crippen LogP contribution in [0.4, 0.5) is 30.0 Å². The van der Waals surface area contributed by atoms with Crippen molar-refractivity contribution >= 4 is 39.7 Å². The van der Waals surface area contributed by atoms with Crippen LogP contribution >= 0.6 is 11.3 Å². The normalized spacial score (nSPS) is 23.1. The van der Waals surface area contributed by atoms with Gasteiger partial charge >= 0.3 is 11.1 Å². The molecule has 198 valence electrons. The standard InChI is InChI=1S/C22H20F2N8O5S/c23-14-9-13(29-12-22(37-21(29)34)11-17(22)30-6-3-25-27-30)10-15(24)19(14)28-5-4-26-31(8-7-28)20(33)16-1-2-18(38-16)32(35)36/h1-3,6,9-10,17,26H,4-5,7-8,11-12H2/t17-,22-/m0/s1. The molecule has 6 rings (SSSR count). The molecule has 3 aromatic rings. The number of hydrogen-bond acceptors (Lipinski definition) is 10. The Labute approximate surface area is 217 Å².